The van der Waals surface area contributed by atoms with Crippen LogP contribution in [0.1, 0.15) is 11.1 Å². The quantitative estimate of drug-likeness (QED) is 0.815. The molecule has 0 aromatic heterocycles. The van der Waals surface area contributed by atoms with Gasteiger partial charge in [-0.25, -0.2) is 0 Å². The van der Waals surface area contributed by atoms with E-state index < -0.39 is 0 Å². The monoisotopic (exact) mass is 277 g/mol. The van der Waals surface area contributed by atoms with Gasteiger partial charge in [-0.05, 0) is 11.1 Å². The summed E-state index contributed by atoms with van der Waals surface area (Å²) in [5.74, 6) is 0.0743. The SMILES string of the molecule is CNC(=O)C1CNCCN1Cc1cccc(COC)c1. The molecule has 0 radical (unpaired) electrons. The Bertz CT molecular complexity index is 450. The van der Waals surface area contributed by atoms with Crippen molar-refractivity contribution in [3.05, 3.63) is 35.4 Å². The summed E-state index contributed by atoms with van der Waals surface area (Å²) in [7, 11) is 3.39. The van der Waals surface area contributed by atoms with Gasteiger partial charge in [0, 0.05) is 40.3 Å². The average Bonchev–Trinajstić information content (AvgIpc) is 2.48. The smallest absolute Gasteiger partial charge is 0.238 e. The van der Waals surface area contributed by atoms with Crippen LogP contribution < -0.4 is 10.6 Å². The molecule has 1 aromatic carbocycles. The number of carbonyl (C=O) groups excluding carboxylic acids is 1. The Labute approximate surface area is 120 Å². The van der Waals surface area contributed by atoms with Gasteiger partial charge in [-0.3, -0.25) is 9.69 Å². The number of hydrogen-bond donors (Lipinski definition) is 2. The van der Waals surface area contributed by atoms with Gasteiger partial charge in [0.1, 0.15) is 6.04 Å². The van der Waals surface area contributed by atoms with Gasteiger partial charge < -0.3 is 15.4 Å². The standard InChI is InChI=1S/C15H23N3O2/c1-16-15(19)14-9-17-6-7-18(14)10-12-4-3-5-13(8-12)11-20-2/h3-5,8,14,17H,6-7,9-11H2,1-2H3,(H,16,19). The molecule has 5 heteroatoms. The van der Waals surface area contributed by atoms with Crippen LogP contribution in [-0.2, 0) is 22.7 Å². The summed E-state index contributed by atoms with van der Waals surface area (Å²) in [5.41, 5.74) is 2.38. The molecule has 1 atom stereocenters. The predicted octanol–water partition coefficient (Wildman–Crippen LogP) is 0.353. The van der Waals surface area contributed by atoms with E-state index in [0.717, 1.165) is 25.2 Å². The number of piperazine rings is 1. The Hall–Kier alpha value is -1.43. The van der Waals surface area contributed by atoms with E-state index in [1.54, 1.807) is 14.2 Å². The fourth-order valence-corrected chi connectivity index (χ4v) is 2.58. The van der Waals surface area contributed by atoms with Crippen LogP contribution in [0.4, 0.5) is 0 Å². The zero-order valence-corrected chi connectivity index (χ0v) is 12.2. The van der Waals surface area contributed by atoms with Crippen LogP contribution in [0.15, 0.2) is 24.3 Å². The maximum Gasteiger partial charge on any atom is 0.238 e. The van der Waals surface area contributed by atoms with Gasteiger partial charge in [-0.2, -0.15) is 0 Å². The minimum absolute atomic E-state index is 0.0743. The molecule has 0 saturated carbocycles. The van der Waals surface area contributed by atoms with Crippen molar-refractivity contribution >= 4 is 5.91 Å². The van der Waals surface area contributed by atoms with E-state index in [2.05, 4.69) is 33.7 Å². The fourth-order valence-electron chi connectivity index (χ4n) is 2.58. The molecule has 1 saturated heterocycles. The van der Waals surface area contributed by atoms with Crippen LogP contribution in [-0.4, -0.2) is 50.6 Å². The molecule has 20 heavy (non-hydrogen) atoms. The van der Waals surface area contributed by atoms with Crippen LogP contribution in [0.5, 0.6) is 0 Å². The number of ether oxygens (including phenoxy) is 1. The van der Waals surface area contributed by atoms with Crippen molar-refractivity contribution in [1.82, 2.24) is 15.5 Å². The first-order valence-electron chi connectivity index (χ1n) is 6.97. The Morgan fingerprint density at radius 1 is 1.50 bits per heavy atom. The number of nitrogens with one attached hydrogen (secondary N) is 2. The lowest BCUT2D eigenvalue weighted by molar-refractivity contribution is -0.126. The van der Waals surface area contributed by atoms with E-state index in [-0.39, 0.29) is 11.9 Å². The number of amides is 1. The minimum atomic E-state index is -0.0974. The molecule has 1 heterocycles. The van der Waals surface area contributed by atoms with Gasteiger partial charge in [-0.1, -0.05) is 24.3 Å². The molecule has 2 N–H and O–H groups in total. The highest BCUT2D eigenvalue weighted by Crippen LogP contribution is 2.13. The average molecular weight is 277 g/mol. The number of nitrogens with zero attached hydrogens (tertiary/aromatic N) is 1. The second-order valence-corrected chi connectivity index (χ2v) is 5.06. The lowest BCUT2D eigenvalue weighted by Crippen LogP contribution is -2.56. The summed E-state index contributed by atoms with van der Waals surface area (Å²) in [6.45, 7) is 3.92. The molecule has 0 spiro atoms. The molecule has 2 rings (SSSR count). The van der Waals surface area contributed by atoms with Crippen LogP contribution in [0.25, 0.3) is 0 Å². The largest absolute Gasteiger partial charge is 0.380 e. The molecule has 5 nitrogen and oxygen atoms in total. The van der Waals surface area contributed by atoms with E-state index in [9.17, 15) is 4.79 Å². The topological polar surface area (TPSA) is 53.6 Å². The first kappa shape index (κ1) is 15.0. The minimum Gasteiger partial charge on any atom is -0.380 e. The van der Waals surface area contributed by atoms with Crippen molar-refractivity contribution in [2.45, 2.75) is 19.2 Å². The highest BCUT2D eigenvalue weighted by molar-refractivity contribution is 5.81. The molecule has 1 aliphatic rings. The molecular weight excluding hydrogens is 254 g/mol. The van der Waals surface area contributed by atoms with Gasteiger partial charge in [0.05, 0.1) is 6.61 Å². The van der Waals surface area contributed by atoms with Crippen LogP contribution in [0, 0.1) is 0 Å². The number of hydrogen-bond acceptors (Lipinski definition) is 4. The number of rotatable bonds is 5. The number of methoxy groups -OCH3 is 1. The van der Waals surface area contributed by atoms with Gasteiger partial charge in [-0.15, -0.1) is 0 Å². The highest BCUT2D eigenvalue weighted by Gasteiger charge is 2.27. The fraction of sp³-hybridized carbons (Fsp3) is 0.533. The summed E-state index contributed by atoms with van der Waals surface area (Å²) < 4.78 is 5.16. The number of likely N-dealkylation sites (N-methyl/N-ethyl adjacent to an activating group) is 1. The number of carbonyl (C=O) groups is 1. The highest BCUT2D eigenvalue weighted by atomic mass is 16.5. The predicted molar refractivity (Wildman–Crippen MR) is 78.3 cm³/mol. The van der Waals surface area contributed by atoms with Gasteiger partial charge in [0.2, 0.25) is 5.91 Å². The Morgan fingerprint density at radius 3 is 3.05 bits per heavy atom. The van der Waals surface area contributed by atoms with Crippen LogP contribution in [0.3, 0.4) is 0 Å². The molecule has 1 aliphatic heterocycles. The van der Waals surface area contributed by atoms with Crippen molar-refractivity contribution in [3.8, 4) is 0 Å². The second-order valence-electron chi connectivity index (χ2n) is 5.06. The summed E-state index contributed by atoms with van der Waals surface area (Å²) in [6.07, 6.45) is 0. The van der Waals surface area contributed by atoms with Crippen molar-refractivity contribution in [3.63, 3.8) is 0 Å². The van der Waals surface area contributed by atoms with Crippen molar-refractivity contribution in [1.29, 1.82) is 0 Å². The number of benzene rings is 1. The molecule has 110 valence electrons. The summed E-state index contributed by atoms with van der Waals surface area (Å²) in [4.78, 5) is 14.1. The third-order valence-electron chi connectivity index (χ3n) is 3.59. The van der Waals surface area contributed by atoms with E-state index in [1.807, 2.05) is 6.07 Å². The summed E-state index contributed by atoms with van der Waals surface area (Å²) >= 11 is 0. The maximum absolute atomic E-state index is 11.9. The third-order valence-corrected chi connectivity index (χ3v) is 3.59. The Kier molecular flexibility index (Phi) is 5.52. The van der Waals surface area contributed by atoms with E-state index in [1.165, 1.54) is 5.56 Å². The zero-order valence-electron chi connectivity index (χ0n) is 12.2. The van der Waals surface area contributed by atoms with Crippen molar-refractivity contribution < 1.29 is 9.53 Å². The second kappa shape index (κ2) is 7.38. The van der Waals surface area contributed by atoms with Crippen LogP contribution >= 0.6 is 0 Å². The summed E-state index contributed by atoms with van der Waals surface area (Å²) in [6, 6.07) is 8.25. The lowest BCUT2D eigenvalue weighted by Gasteiger charge is -2.34. The molecule has 0 bridgehead atoms. The maximum atomic E-state index is 11.9. The Balaban J connectivity index is 2.06. The normalized spacial score (nSPS) is 19.8. The zero-order chi connectivity index (χ0) is 14.4. The Morgan fingerprint density at radius 2 is 2.30 bits per heavy atom. The van der Waals surface area contributed by atoms with Gasteiger partial charge >= 0.3 is 0 Å². The van der Waals surface area contributed by atoms with Gasteiger partial charge in [0.25, 0.3) is 0 Å². The summed E-state index contributed by atoms with van der Waals surface area (Å²) in [5, 5.41) is 6.02. The first-order chi connectivity index (χ1) is 9.74. The first-order valence-corrected chi connectivity index (χ1v) is 6.97. The van der Waals surface area contributed by atoms with Crippen LogP contribution in [0.2, 0.25) is 0 Å². The van der Waals surface area contributed by atoms with E-state index in [0.29, 0.717) is 13.2 Å². The third kappa shape index (κ3) is 3.79. The molecule has 1 fully saturated rings. The molecule has 1 amide bonds. The van der Waals surface area contributed by atoms with E-state index >= 15 is 0 Å². The van der Waals surface area contributed by atoms with Crippen molar-refractivity contribution in [2.24, 2.45) is 0 Å². The molecular formula is C15H23N3O2. The molecule has 1 unspecified atom stereocenters. The van der Waals surface area contributed by atoms with Crippen molar-refractivity contribution in [2.75, 3.05) is 33.8 Å². The van der Waals surface area contributed by atoms with Gasteiger partial charge in [0.15, 0.2) is 0 Å². The lowest BCUT2D eigenvalue weighted by atomic mass is 10.1. The van der Waals surface area contributed by atoms with E-state index in [4.69, 9.17) is 4.74 Å². The molecule has 0 aliphatic carbocycles. The molecule has 1 aromatic rings.